The van der Waals surface area contributed by atoms with Gasteiger partial charge in [-0.3, -0.25) is 4.79 Å². The van der Waals surface area contributed by atoms with E-state index in [4.69, 9.17) is 5.11 Å². The Bertz CT molecular complexity index is 46.8. The van der Waals surface area contributed by atoms with Gasteiger partial charge in [0.25, 0.3) is 0 Å². The molecule has 4 heteroatoms. The summed E-state index contributed by atoms with van der Waals surface area (Å²) in [5, 5.41) is 7.22. The Hall–Kier alpha value is 0.746. The quantitative estimate of drug-likeness (QED) is 0.326. The monoisotopic (exact) mass is 118 g/mol. The number of carbonyl (C=O) groups excluding carboxylic acids is 1. The van der Waals surface area contributed by atoms with Crippen LogP contribution < -0.4 is 0 Å². The summed E-state index contributed by atoms with van der Waals surface area (Å²) >= 11 is 3.21. The predicted molar refractivity (Wildman–Crippen MR) is 29.6 cm³/mol. The van der Waals surface area contributed by atoms with Gasteiger partial charge in [-0.15, -0.1) is 12.6 Å². The summed E-state index contributed by atoms with van der Waals surface area (Å²) in [5.41, 5.74) is 0. The second kappa shape index (κ2) is 5.75. The van der Waals surface area contributed by atoms with Gasteiger partial charge in [0, 0.05) is 0 Å². The fourth-order valence-electron chi connectivity index (χ4n) is 0. The summed E-state index contributed by atoms with van der Waals surface area (Å²) in [6.45, 7) is -0.469. The minimum absolute atomic E-state index is 0. The van der Waals surface area contributed by atoms with Crippen molar-refractivity contribution in [3.05, 3.63) is 0 Å². The molecule has 0 fully saturated rings. The maximum atomic E-state index is 9.43. The smallest absolute Gasteiger partial charge is 0.316 e. The maximum absolute atomic E-state index is 9.43. The average molecular weight is 118 g/mol. The van der Waals surface area contributed by atoms with Crippen LogP contribution in [0.15, 0.2) is 0 Å². The first-order valence-electron chi connectivity index (χ1n) is 1.10. The molecule has 0 aliphatic carbocycles. The molecule has 0 saturated carbocycles. The third-order valence-electron chi connectivity index (χ3n) is 0.135. The Morgan fingerprint density at radius 1 is 1.83 bits per heavy atom. The summed E-state index contributed by atoms with van der Waals surface area (Å²) in [6.07, 6.45) is 0. The lowest BCUT2D eigenvalue weighted by Crippen LogP contribution is -1.89. The molecule has 0 unspecified atom stereocenters. The van der Waals surface area contributed by atoms with Gasteiger partial charge in [-0.05, 0) is 0 Å². The van der Waals surface area contributed by atoms with Crippen molar-refractivity contribution in [2.24, 2.45) is 0 Å². The molecule has 0 heterocycles. The van der Waals surface area contributed by atoms with Crippen molar-refractivity contribution in [3.63, 3.8) is 0 Å². The van der Waals surface area contributed by atoms with Crippen LogP contribution in [0.25, 0.3) is 0 Å². The minimum Gasteiger partial charge on any atom is -0.388 e. The fraction of sp³-hybridized carbons (Fsp3) is 0.500. The Morgan fingerprint density at radius 2 is 2.00 bits per heavy atom. The minimum atomic E-state index is -0.495. The third kappa shape index (κ3) is 8.83. The predicted octanol–water partition coefficient (Wildman–Crippen LogP) is -1.48. The fourth-order valence-corrected chi connectivity index (χ4v) is 0. The van der Waals surface area contributed by atoms with E-state index < -0.39 is 11.7 Å². The number of hydrogen-bond acceptors (Lipinski definition) is 2. The van der Waals surface area contributed by atoms with Crippen LogP contribution >= 0.6 is 12.6 Å². The highest BCUT2D eigenvalue weighted by molar-refractivity contribution is 7.96. The Labute approximate surface area is 57.5 Å². The molecule has 0 rings (SSSR count). The number of rotatable bonds is 1. The second-order valence-electron chi connectivity index (χ2n) is 0.552. The van der Waals surface area contributed by atoms with Crippen molar-refractivity contribution >= 4 is 40.8 Å². The van der Waals surface area contributed by atoms with E-state index in [0.717, 1.165) is 0 Å². The summed E-state index contributed by atoms with van der Waals surface area (Å²) < 4.78 is 0. The molecule has 0 aromatic carbocycles. The molecule has 0 aromatic rings. The molecule has 0 amide bonds. The number of aliphatic hydroxyl groups is 1. The van der Waals surface area contributed by atoms with Gasteiger partial charge < -0.3 is 5.11 Å². The van der Waals surface area contributed by atoms with E-state index in [1.54, 1.807) is 0 Å². The highest BCUT2D eigenvalue weighted by Crippen LogP contribution is 1.69. The lowest BCUT2D eigenvalue weighted by atomic mass is 10.8. The van der Waals surface area contributed by atoms with Crippen LogP contribution in [0.4, 0.5) is 0 Å². The molecular formula is C2H6MgO2S. The van der Waals surface area contributed by atoms with Crippen molar-refractivity contribution in [2.45, 2.75) is 0 Å². The first kappa shape index (κ1) is 9.89. The molecule has 0 spiro atoms. The number of aliphatic hydroxyl groups excluding tert-OH is 1. The van der Waals surface area contributed by atoms with Crippen molar-refractivity contribution in [3.8, 4) is 0 Å². The van der Waals surface area contributed by atoms with E-state index in [0.29, 0.717) is 0 Å². The zero-order chi connectivity index (χ0) is 4.28. The van der Waals surface area contributed by atoms with Crippen LogP contribution in [0.2, 0.25) is 0 Å². The summed E-state index contributed by atoms with van der Waals surface area (Å²) in [4.78, 5) is 9.43. The van der Waals surface area contributed by atoms with Crippen LogP contribution in [0, 0.1) is 0 Å². The van der Waals surface area contributed by atoms with E-state index in [1.807, 2.05) is 0 Å². The van der Waals surface area contributed by atoms with Gasteiger partial charge in [-0.1, -0.05) is 0 Å². The van der Waals surface area contributed by atoms with Gasteiger partial charge in [0.2, 0.25) is 5.12 Å². The number of carbonyl (C=O) groups is 1. The first-order valence-corrected chi connectivity index (χ1v) is 1.54. The first-order chi connectivity index (χ1) is 2.27. The van der Waals surface area contributed by atoms with Gasteiger partial charge >= 0.3 is 23.1 Å². The van der Waals surface area contributed by atoms with Crippen LogP contribution in [0.5, 0.6) is 0 Å². The molecule has 6 heavy (non-hydrogen) atoms. The summed E-state index contributed by atoms with van der Waals surface area (Å²) in [5.74, 6) is 0. The summed E-state index contributed by atoms with van der Waals surface area (Å²) in [7, 11) is 0. The average Bonchev–Trinajstić information content (AvgIpc) is 1.38. The van der Waals surface area contributed by atoms with Crippen LogP contribution in [0.3, 0.4) is 0 Å². The molecule has 0 aromatic heterocycles. The standard InChI is InChI=1S/C2H4O2S.Mg.2H/c3-1-2(4)5;;;/h3H,1H2,(H,4,5);;;. The van der Waals surface area contributed by atoms with Crippen molar-refractivity contribution in [1.82, 2.24) is 0 Å². The molecule has 0 saturated heterocycles. The van der Waals surface area contributed by atoms with Crippen molar-refractivity contribution in [1.29, 1.82) is 0 Å². The largest absolute Gasteiger partial charge is 0.388 e. The Morgan fingerprint density at radius 3 is 2.00 bits per heavy atom. The number of hydrogen-bond donors (Lipinski definition) is 2. The van der Waals surface area contributed by atoms with Gasteiger partial charge in [0.15, 0.2) is 0 Å². The van der Waals surface area contributed by atoms with Crippen LogP contribution in [-0.4, -0.2) is 39.9 Å². The lowest BCUT2D eigenvalue weighted by Gasteiger charge is -1.71. The summed E-state index contributed by atoms with van der Waals surface area (Å²) in [6, 6.07) is 0. The molecule has 0 radical (unpaired) electrons. The molecule has 2 nitrogen and oxygen atoms in total. The SMILES string of the molecule is O=C(S)CO.[MgH2]. The Balaban J connectivity index is 0. The Kier molecular flexibility index (Phi) is 9.47. The van der Waals surface area contributed by atoms with E-state index in [9.17, 15) is 4.79 Å². The normalized spacial score (nSPS) is 6.33. The highest BCUT2D eigenvalue weighted by atomic mass is 32.1. The van der Waals surface area contributed by atoms with Gasteiger partial charge in [0.1, 0.15) is 6.61 Å². The maximum Gasteiger partial charge on any atom is 0.316 e. The van der Waals surface area contributed by atoms with E-state index >= 15 is 0 Å². The molecule has 0 aliphatic rings. The zero-order valence-electron chi connectivity index (χ0n) is 2.51. The number of thiol groups is 1. The van der Waals surface area contributed by atoms with Gasteiger partial charge in [-0.2, -0.15) is 0 Å². The molecule has 34 valence electrons. The van der Waals surface area contributed by atoms with Crippen LogP contribution in [0.1, 0.15) is 0 Å². The molecular weight excluding hydrogens is 112 g/mol. The van der Waals surface area contributed by atoms with Crippen LogP contribution in [-0.2, 0) is 4.79 Å². The van der Waals surface area contributed by atoms with E-state index in [-0.39, 0.29) is 23.1 Å². The van der Waals surface area contributed by atoms with Gasteiger partial charge in [-0.25, -0.2) is 0 Å². The second-order valence-corrected chi connectivity index (χ2v) is 1.05. The van der Waals surface area contributed by atoms with Crippen molar-refractivity contribution in [2.75, 3.05) is 6.61 Å². The van der Waals surface area contributed by atoms with E-state index in [1.165, 1.54) is 0 Å². The van der Waals surface area contributed by atoms with Gasteiger partial charge in [0.05, 0.1) is 0 Å². The highest BCUT2D eigenvalue weighted by Gasteiger charge is 1.80. The lowest BCUT2D eigenvalue weighted by molar-refractivity contribution is -0.113. The topological polar surface area (TPSA) is 37.3 Å². The molecule has 1 N–H and O–H groups in total. The van der Waals surface area contributed by atoms with Crippen molar-refractivity contribution < 1.29 is 9.90 Å². The zero-order valence-corrected chi connectivity index (χ0v) is 3.40. The molecule has 0 bridgehead atoms. The third-order valence-corrected chi connectivity index (χ3v) is 0.277. The van der Waals surface area contributed by atoms with E-state index in [2.05, 4.69) is 12.6 Å². The molecule has 0 aliphatic heterocycles. The molecule has 0 atom stereocenters.